The van der Waals surface area contributed by atoms with Gasteiger partial charge in [0.2, 0.25) is 0 Å². The fraction of sp³-hybridized carbons (Fsp3) is 0.188. The van der Waals surface area contributed by atoms with Gasteiger partial charge in [-0.3, -0.25) is 0 Å². The number of anilines is 1. The van der Waals surface area contributed by atoms with E-state index in [1.54, 1.807) is 6.07 Å². The lowest BCUT2D eigenvalue weighted by Crippen LogP contribution is -2.23. The van der Waals surface area contributed by atoms with Gasteiger partial charge in [-0.2, -0.15) is 0 Å². The van der Waals surface area contributed by atoms with Crippen molar-refractivity contribution in [2.24, 2.45) is 0 Å². The summed E-state index contributed by atoms with van der Waals surface area (Å²) < 4.78 is 19.0. The molecule has 0 spiro atoms. The predicted molar refractivity (Wildman–Crippen MR) is 83.7 cm³/mol. The molecule has 0 amide bonds. The summed E-state index contributed by atoms with van der Waals surface area (Å²) >= 11 is 3.35. The summed E-state index contributed by atoms with van der Waals surface area (Å²) in [4.78, 5) is 12.1. The van der Waals surface area contributed by atoms with Crippen molar-refractivity contribution in [1.29, 1.82) is 0 Å². The van der Waals surface area contributed by atoms with Crippen LogP contribution < -0.4 is 5.32 Å². The predicted octanol–water partition coefficient (Wildman–Crippen LogP) is 4.22. The zero-order chi connectivity index (χ0) is 15.4. The molecule has 1 unspecified atom stereocenters. The van der Waals surface area contributed by atoms with E-state index in [1.165, 1.54) is 19.2 Å². The minimum Gasteiger partial charge on any atom is -0.467 e. The number of nitrogens with one attached hydrogen (secondary N) is 1. The van der Waals surface area contributed by atoms with Crippen LogP contribution >= 0.6 is 15.9 Å². The number of carbonyl (C=O) groups excluding carboxylic acids is 1. The minimum atomic E-state index is -0.791. The maximum Gasteiger partial charge on any atom is 0.333 e. The highest BCUT2D eigenvalue weighted by molar-refractivity contribution is 9.10. The Morgan fingerprint density at radius 1 is 1.29 bits per heavy atom. The Morgan fingerprint density at radius 3 is 2.67 bits per heavy atom. The molecule has 0 heterocycles. The van der Waals surface area contributed by atoms with E-state index >= 15 is 0 Å². The van der Waals surface area contributed by atoms with Gasteiger partial charge in [-0.1, -0.05) is 34.1 Å². The van der Waals surface area contributed by atoms with Gasteiger partial charge >= 0.3 is 5.97 Å². The van der Waals surface area contributed by atoms with Crippen molar-refractivity contribution in [2.45, 2.75) is 13.0 Å². The second-order valence-corrected chi connectivity index (χ2v) is 5.44. The second kappa shape index (κ2) is 6.72. The number of methoxy groups -OCH3 is 1. The average molecular weight is 352 g/mol. The molecule has 5 heteroatoms. The molecule has 21 heavy (non-hydrogen) atoms. The first kappa shape index (κ1) is 15.5. The first-order valence-electron chi connectivity index (χ1n) is 6.38. The third-order valence-electron chi connectivity index (χ3n) is 3.15. The monoisotopic (exact) mass is 351 g/mol. The van der Waals surface area contributed by atoms with E-state index in [0.29, 0.717) is 10.0 Å². The highest BCUT2D eigenvalue weighted by atomic mass is 79.9. The maximum absolute atomic E-state index is 13.5. The van der Waals surface area contributed by atoms with Crippen LogP contribution in [0, 0.1) is 12.7 Å². The molecular weight excluding hydrogens is 337 g/mol. The number of ether oxygens (including phenoxy) is 1. The number of carbonyl (C=O) groups is 1. The Bertz CT molecular complexity index is 660. The molecule has 0 fully saturated rings. The van der Waals surface area contributed by atoms with E-state index in [0.717, 1.165) is 11.3 Å². The van der Waals surface area contributed by atoms with Crippen LogP contribution in [0.15, 0.2) is 46.9 Å². The number of para-hydroxylation sites is 1. The standard InChI is InChI=1S/C16H15BrFNO2/c1-10-5-3-4-6-14(10)19-15(16(20)21-2)12-9-11(18)7-8-13(12)17/h3-9,15,19H,1-2H3. The zero-order valence-corrected chi connectivity index (χ0v) is 13.3. The van der Waals surface area contributed by atoms with Gasteiger partial charge in [0.1, 0.15) is 5.82 Å². The fourth-order valence-corrected chi connectivity index (χ4v) is 2.48. The van der Waals surface area contributed by atoms with Crippen LogP contribution in [0.3, 0.4) is 0 Å². The van der Waals surface area contributed by atoms with Crippen LogP contribution in [0.25, 0.3) is 0 Å². The highest BCUT2D eigenvalue weighted by Crippen LogP contribution is 2.29. The first-order valence-corrected chi connectivity index (χ1v) is 7.17. The van der Waals surface area contributed by atoms with Gasteiger partial charge in [-0.05, 0) is 36.8 Å². The number of esters is 1. The highest BCUT2D eigenvalue weighted by Gasteiger charge is 2.24. The number of halogens is 2. The summed E-state index contributed by atoms with van der Waals surface area (Å²) in [6, 6.07) is 11.0. The third kappa shape index (κ3) is 3.61. The number of benzene rings is 2. The largest absolute Gasteiger partial charge is 0.467 e. The molecule has 0 saturated carbocycles. The second-order valence-electron chi connectivity index (χ2n) is 4.58. The molecule has 0 aliphatic rings. The Balaban J connectivity index is 2.42. The van der Waals surface area contributed by atoms with Crippen LogP contribution in [0.4, 0.5) is 10.1 Å². The van der Waals surface area contributed by atoms with Gasteiger partial charge in [0, 0.05) is 15.7 Å². The molecule has 0 aliphatic carbocycles. The molecule has 1 N–H and O–H groups in total. The summed E-state index contributed by atoms with van der Waals surface area (Å²) in [5.74, 6) is -0.891. The molecule has 0 aromatic heterocycles. The van der Waals surface area contributed by atoms with Crippen LogP contribution in [-0.2, 0) is 9.53 Å². The molecule has 2 rings (SSSR count). The molecule has 1 atom stereocenters. The number of hydrogen-bond acceptors (Lipinski definition) is 3. The average Bonchev–Trinajstić information content (AvgIpc) is 2.48. The van der Waals surface area contributed by atoms with E-state index in [1.807, 2.05) is 31.2 Å². The van der Waals surface area contributed by atoms with Crippen LogP contribution in [0.1, 0.15) is 17.2 Å². The van der Waals surface area contributed by atoms with Crippen molar-refractivity contribution in [2.75, 3.05) is 12.4 Å². The van der Waals surface area contributed by atoms with Crippen LogP contribution in [0.5, 0.6) is 0 Å². The summed E-state index contributed by atoms with van der Waals surface area (Å²) in [5, 5.41) is 3.11. The number of hydrogen-bond donors (Lipinski definition) is 1. The van der Waals surface area contributed by atoms with Gasteiger partial charge in [0.05, 0.1) is 7.11 Å². The SMILES string of the molecule is COC(=O)C(Nc1ccccc1C)c1cc(F)ccc1Br. The zero-order valence-electron chi connectivity index (χ0n) is 11.7. The fourth-order valence-electron chi connectivity index (χ4n) is 2.01. The lowest BCUT2D eigenvalue weighted by Gasteiger charge is -2.20. The topological polar surface area (TPSA) is 38.3 Å². The molecule has 2 aromatic rings. The van der Waals surface area contributed by atoms with E-state index in [9.17, 15) is 9.18 Å². The lowest BCUT2D eigenvalue weighted by atomic mass is 10.1. The van der Waals surface area contributed by atoms with Crippen molar-refractivity contribution in [3.05, 3.63) is 63.9 Å². The van der Waals surface area contributed by atoms with Gasteiger partial charge in [0.25, 0.3) is 0 Å². The Hall–Kier alpha value is -1.88. The Morgan fingerprint density at radius 2 is 2.00 bits per heavy atom. The first-order chi connectivity index (χ1) is 10.0. The van der Waals surface area contributed by atoms with E-state index in [-0.39, 0.29) is 0 Å². The van der Waals surface area contributed by atoms with Crippen LogP contribution in [-0.4, -0.2) is 13.1 Å². The van der Waals surface area contributed by atoms with E-state index in [4.69, 9.17) is 4.74 Å². The normalized spacial score (nSPS) is 11.8. The molecule has 110 valence electrons. The van der Waals surface area contributed by atoms with Gasteiger partial charge in [0.15, 0.2) is 6.04 Å². The maximum atomic E-state index is 13.5. The van der Waals surface area contributed by atoms with Crippen molar-refractivity contribution in [3.8, 4) is 0 Å². The van der Waals surface area contributed by atoms with Crippen molar-refractivity contribution < 1.29 is 13.9 Å². The summed E-state index contributed by atoms with van der Waals surface area (Å²) in [6.45, 7) is 1.93. The van der Waals surface area contributed by atoms with Crippen molar-refractivity contribution >= 4 is 27.6 Å². The minimum absolute atomic E-state index is 0.409. The molecule has 0 aliphatic heterocycles. The molecule has 0 radical (unpaired) electrons. The molecule has 0 bridgehead atoms. The Labute approximate surface area is 131 Å². The lowest BCUT2D eigenvalue weighted by molar-refractivity contribution is -0.141. The molecule has 2 aromatic carbocycles. The van der Waals surface area contributed by atoms with Crippen LogP contribution in [0.2, 0.25) is 0 Å². The summed E-state index contributed by atoms with van der Waals surface area (Å²) in [6.07, 6.45) is 0. The number of aryl methyl sites for hydroxylation is 1. The molecule has 3 nitrogen and oxygen atoms in total. The molecule has 0 saturated heterocycles. The van der Waals surface area contributed by atoms with Gasteiger partial charge in [-0.25, -0.2) is 9.18 Å². The van der Waals surface area contributed by atoms with Gasteiger partial charge < -0.3 is 10.1 Å². The third-order valence-corrected chi connectivity index (χ3v) is 3.87. The van der Waals surface area contributed by atoms with Crippen molar-refractivity contribution in [1.82, 2.24) is 0 Å². The van der Waals surface area contributed by atoms with E-state index < -0.39 is 17.8 Å². The van der Waals surface area contributed by atoms with Gasteiger partial charge in [-0.15, -0.1) is 0 Å². The number of rotatable bonds is 4. The quantitative estimate of drug-likeness (QED) is 0.838. The summed E-state index contributed by atoms with van der Waals surface area (Å²) in [7, 11) is 1.31. The summed E-state index contributed by atoms with van der Waals surface area (Å²) in [5.41, 5.74) is 2.27. The smallest absolute Gasteiger partial charge is 0.333 e. The van der Waals surface area contributed by atoms with Crippen molar-refractivity contribution in [3.63, 3.8) is 0 Å². The molecular formula is C16H15BrFNO2. The Kier molecular flexibility index (Phi) is 4.96. The van der Waals surface area contributed by atoms with E-state index in [2.05, 4.69) is 21.2 Å².